The number of aryl methyl sites for hydroxylation is 1. The van der Waals surface area contributed by atoms with Crippen molar-refractivity contribution in [2.75, 3.05) is 19.5 Å². The second-order valence-electron chi connectivity index (χ2n) is 4.68. The van der Waals surface area contributed by atoms with Crippen molar-refractivity contribution in [2.45, 2.75) is 11.8 Å². The van der Waals surface area contributed by atoms with Crippen LogP contribution in [-0.4, -0.2) is 49.6 Å². The molecule has 0 radical (unpaired) electrons. The van der Waals surface area contributed by atoms with Crippen molar-refractivity contribution in [1.29, 1.82) is 0 Å². The monoisotopic (exact) mass is 380 g/mol. The van der Waals surface area contributed by atoms with Crippen molar-refractivity contribution in [2.24, 2.45) is 4.40 Å². The minimum atomic E-state index is -4.48. The van der Waals surface area contributed by atoms with Gasteiger partial charge in [-0.25, -0.2) is 4.79 Å². The Morgan fingerprint density at radius 3 is 2.54 bits per heavy atom. The van der Waals surface area contributed by atoms with Gasteiger partial charge in [0.25, 0.3) is 10.0 Å². The van der Waals surface area contributed by atoms with E-state index in [1.807, 2.05) is 0 Å². The topological polar surface area (TPSA) is 156 Å². The number of methoxy groups -OCH3 is 2. The van der Waals surface area contributed by atoms with E-state index in [9.17, 15) is 18.3 Å². The van der Waals surface area contributed by atoms with E-state index in [0.29, 0.717) is 0 Å². The summed E-state index contributed by atoms with van der Waals surface area (Å²) in [5, 5.41) is 14.1. The zero-order valence-corrected chi connectivity index (χ0v) is 14.8. The molecular formula is C14H14N5O6S-. The van der Waals surface area contributed by atoms with E-state index in [1.165, 1.54) is 32.2 Å². The minimum Gasteiger partial charge on any atom is -0.845 e. The number of carbonyl (C=O) groups is 1. The summed E-state index contributed by atoms with van der Waals surface area (Å²) in [5.41, 5.74) is -0.246. The van der Waals surface area contributed by atoms with Gasteiger partial charge in [0.15, 0.2) is 0 Å². The second kappa shape index (κ2) is 7.74. The summed E-state index contributed by atoms with van der Waals surface area (Å²) in [6.45, 7) is 1.53. The number of anilines is 1. The molecule has 2 aromatic rings. The zero-order valence-electron chi connectivity index (χ0n) is 14.0. The predicted octanol–water partition coefficient (Wildman–Crippen LogP) is -0.508. The average molecular weight is 380 g/mol. The van der Waals surface area contributed by atoms with Gasteiger partial charge in [-0.05, 0) is 19.1 Å². The van der Waals surface area contributed by atoms with Crippen LogP contribution in [0.3, 0.4) is 0 Å². The summed E-state index contributed by atoms with van der Waals surface area (Å²) in [5.74, 6) is -0.872. The Morgan fingerprint density at radius 2 is 1.88 bits per heavy atom. The molecule has 0 aliphatic heterocycles. The number of rotatable bonds is 5. The Bertz CT molecular complexity index is 960. The molecule has 0 saturated carbocycles. The first-order valence-corrected chi connectivity index (χ1v) is 8.44. The maximum Gasteiger partial charge on any atom is 0.339 e. The summed E-state index contributed by atoms with van der Waals surface area (Å²) in [7, 11) is -2.06. The van der Waals surface area contributed by atoms with Gasteiger partial charge in [0.05, 0.1) is 25.8 Å². The van der Waals surface area contributed by atoms with E-state index < -0.39 is 26.9 Å². The first kappa shape index (κ1) is 19.1. The molecule has 138 valence electrons. The molecule has 26 heavy (non-hydrogen) atoms. The largest absolute Gasteiger partial charge is 0.845 e. The smallest absolute Gasteiger partial charge is 0.339 e. The van der Waals surface area contributed by atoms with Gasteiger partial charge in [0.1, 0.15) is 10.7 Å². The highest BCUT2D eigenvalue weighted by Gasteiger charge is 2.22. The molecule has 0 aliphatic rings. The normalized spacial score (nSPS) is 11.7. The third-order valence-corrected chi connectivity index (χ3v) is 4.22. The lowest BCUT2D eigenvalue weighted by molar-refractivity contribution is -0.213. The number of ether oxygens (including phenoxy) is 2. The van der Waals surface area contributed by atoms with Gasteiger partial charge in [0.2, 0.25) is 5.95 Å². The van der Waals surface area contributed by atoms with Crippen molar-refractivity contribution >= 4 is 28.0 Å². The number of nitrogens with zero attached hydrogens (tertiary/aromatic N) is 4. The molecule has 12 heteroatoms. The van der Waals surface area contributed by atoms with Crippen LogP contribution < -0.4 is 15.2 Å². The van der Waals surface area contributed by atoms with Crippen LogP contribution in [0.1, 0.15) is 16.2 Å². The number of nitrogens with one attached hydrogen (secondary N) is 1. The van der Waals surface area contributed by atoms with Crippen LogP contribution in [0.2, 0.25) is 0 Å². The van der Waals surface area contributed by atoms with Crippen molar-refractivity contribution < 1.29 is 27.8 Å². The van der Waals surface area contributed by atoms with Gasteiger partial charge >= 0.3 is 12.0 Å². The molecular weight excluding hydrogens is 366 g/mol. The first-order valence-electron chi connectivity index (χ1n) is 7.00. The van der Waals surface area contributed by atoms with Crippen LogP contribution in [-0.2, 0) is 14.8 Å². The lowest BCUT2D eigenvalue weighted by Crippen LogP contribution is -2.29. The van der Waals surface area contributed by atoms with E-state index in [-0.39, 0.29) is 23.3 Å². The van der Waals surface area contributed by atoms with Crippen molar-refractivity contribution in [1.82, 2.24) is 15.0 Å². The highest BCUT2D eigenvalue weighted by molar-refractivity contribution is 7.90. The molecule has 11 nitrogen and oxygen atoms in total. The Morgan fingerprint density at radius 1 is 1.19 bits per heavy atom. The average Bonchev–Trinajstić information content (AvgIpc) is 2.59. The third-order valence-electron chi connectivity index (χ3n) is 2.90. The van der Waals surface area contributed by atoms with Crippen LogP contribution in [0.15, 0.2) is 33.6 Å². The highest BCUT2D eigenvalue weighted by atomic mass is 32.2. The van der Waals surface area contributed by atoms with Crippen molar-refractivity contribution in [3.63, 3.8) is 0 Å². The zero-order chi connectivity index (χ0) is 19.3. The molecule has 0 aliphatic carbocycles. The number of benzene rings is 1. The van der Waals surface area contributed by atoms with E-state index >= 15 is 0 Å². The number of hydrogen-bond donors (Lipinski definition) is 1. The van der Waals surface area contributed by atoms with Gasteiger partial charge in [0, 0.05) is 0 Å². The standard InChI is InChI=1S/C14H15N5O6S/c1-8-15-12(18-14(16-8)25-3)17-13(21)19-26(22,23)10-7-5-4-6-9(10)11(20)24-2/h4-7H,1-3H3,(H2,15,16,17,18,19,21)/p-1. The Balaban J connectivity index is 2.36. The van der Waals surface area contributed by atoms with Gasteiger partial charge in [-0.1, -0.05) is 12.1 Å². The third kappa shape index (κ3) is 4.42. The number of hydrogen-bond acceptors (Lipinski definition) is 9. The number of amidine groups is 1. The van der Waals surface area contributed by atoms with Crippen LogP contribution in [0.5, 0.6) is 6.01 Å². The maximum absolute atomic E-state index is 12.4. The van der Waals surface area contributed by atoms with Crippen LogP contribution in [0.25, 0.3) is 0 Å². The summed E-state index contributed by atoms with van der Waals surface area (Å²) in [4.78, 5) is 22.6. The first-order chi connectivity index (χ1) is 12.3. The van der Waals surface area contributed by atoms with Gasteiger partial charge < -0.3 is 19.9 Å². The van der Waals surface area contributed by atoms with Crippen molar-refractivity contribution in [3.8, 4) is 6.01 Å². The highest BCUT2D eigenvalue weighted by Crippen LogP contribution is 2.19. The molecule has 0 spiro atoms. The number of aromatic nitrogens is 3. The lowest BCUT2D eigenvalue weighted by Gasteiger charge is -2.13. The van der Waals surface area contributed by atoms with E-state index in [4.69, 9.17) is 4.74 Å². The van der Waals surface area contributed by atoms with E-state index in [2.05, 4.69) is 29.4 Å². The summed E-state index contributed by atoms with van der Waals surface area (Å²) < 4.78 is 37.2. The van der Waals surface area contributed by atoms with Crippen LogP contribution in [0, 0.1) is 6.92 Å². The fraction of sp³-hybridized carbons (Fsp3) is 0.214. The van der Waals surface area contributed by atoms with Gasteiger partial charge in [-0.2, -0.15) is 27.8 Å². The molecule has 0 amide bonds. The summed E-state index contributed by atoms with van der Waals surface area (Å²) in [6, 6.07) is 3.89. The molecule has 0 bridgehead atoms. The molecule has 0 unspecified atom stereocenters. The maximum atomic E-state index is 12.4. The van der Waals surface area contributed by atoms with E-state index in [1.54, 1.807) is 0 Å². The molecule has 1 aromatic carbocycles. The summed E-state index contributed by atoms with van der Waals surface area (Å²) in [6.07, 6.45) is 0. The van der Waals surface area contributed by atoms with E-state index in [0.717, 1.165) is 13.2 Å². The lowest BCUT2D eigenvalue weighted by atomic mass is 10.2. The molecule has 2 rings (SSSR count). The molecule has 1 aromatic heterocycles. The predicted molar refractivity (Wildman–Crippen MR) is 87.1 cm³/mol. The van der Waals surface area contributed by atoms with Crippen molar-refractivity contribution in [3.05, 3.63) is 35.7 Å². The molecule has 0 saturated heterocycles. The second-order valence-corrected chi connectivity index (χ2v) is 6.25. The Labute approximate surface area is 148 Å². The quantitative estimate of drug-likeness (QED) is 0.407. The number of sulfonamides is 1. The fourth-order valence-electron chi connectivity index (χ4n) is 1.85. The van der Waals surface area contributed by atoms with Crippen LogP contribution in [0.4, 0.5) is 5.95 Å². The molecule has 0 fully saturated rings. The summed E-state index contributed by atoms with van der Waals surface area (Å²) >= 11 is 0. The molecule has 0 atom stereocenters. The van der Waals surface area contributed by atoms with Gasteiger partial charge in [-0.15, -0.1) is 0 Å². The Hall–Kier alpha value is -3.28. The molecule has 1 heterocycles. The Kier molecular flexibility index (Phi) is 5.67. The minimum absolute atomic E-state index is 0.0632. The SMILES string of the molecule is COC(=O)c1ccccc1S(=O)(=O)N=C([O-])Nc1nc(C)nc(OC)n1. The van der Waals surface area contributed by atoms with Crippen LogP contribution >= 0.6 is 0 Å². The number of esters is 1. The fourth-order valence-corrected chi connectivity index (χ4v) is 2.89. The molecule has 1 N–H and O–H groups in total. The number of carbonyl (C=O) groups excluding carboxylic acids is 1. The van der Waals surface area contributed by atoms with Gasteiger partial charge in [-0.3, -0.25) is 0 Å².